The maximum absolute atomic E-state index is 12.0. The molecule has 0 unspecified atom stereocenters. The summed E-state index contributed by atoms with van der Waals surface area (Å²) in [5, 5.41) is 29.3. The van der Waals surface area contributed by atoms with Crippen molar-refractivity contribution in [1.82, 2.24) is 25.0 Å². The molecule has 1 aromatic carbocycles. The summed E-state index contributed by atoms with van der Waals surface area (Å²) in [5.74, 6) is 1.76. The molecule has 13 heteroatoms. The SMILES string of the molecule is Cc1noc(C2CCN(c3ncnc(Nc4ccc(NCN(C)C=N)cc4)c3[N+](=O)[O-])CC2)n1. The largest absolute Gasteiger partial charge is 0.368 e. The van der Waals surface area contributed by atoms with Crippen molar-refractivity contribution in [3.8, 4) is 0 Å². The molecule has 13 nitrogen and oxygen atoms in total. The number of anilines is 4. The molecule has 0 saturated carbocycles. The topological polar surface area (TPSA) is 162 Å². The molecule has 1 fully saturated rings. The van der Waals surface area contributed by atoms with Crippen LogP contribution in [0.4, 0.5) is 28.7 Å². The van der Waals surface area contributed by atoms with Crippen LogP contribution in [0.2, 0.25) is 0 Å². The predicted molar refractivity (Wildman–Crippen MR) is 127 cm³/mol. The second kappa shape index (κ2) is 10.1. The second-order valence-electron chi connectivity index (χ2n) is 8.02. The Bertz CT molecular complexity index is 1140. The van der Waals surface area contributed by atoms with Crippen LogP contribution in [0.5, 0.6) is 0 Å². The van der Waals surface area contributed by atoms with Crippen molar-refractivity contribution < 1.29 is 9.45 Å². The van der Waals surface area contributed by atoms with Crippen molar-refractivity contribution in [2.45, 2.75) is 25.7 Å². The van der Waals surface area contributed by atoms with Gasteiger partial charge < -0.3 is 25.0 Å². The molecule has 178 valence electrons. The van der Waals surface area contributed by atoms with Crippen molar-refractivity contribution in [3.63, 3.8) is 0 Å². The zero-order chi connectivity index (χ0) is 24.1. The highest BCUT2D eigenvalue weighted by Gasteiger charge is 2.31. The lowest BCUT2D eigenvalue weighted by molar-refractivity contribution is -0.383. The van der Waals surface area contributed by atoms with Gasteiger partial charge in [0, 0.05) is 37.4 Å². The molecule has 2 aromatic heterocycles. The van der Waals surface area contributed by atoms with Gasteiger partial charge in [-0.2, -0.15) is 4.98 Å². The van der Waals surface area contributed by atoms with Crippen molar-refractivity contribution in [1.29, 1.82) is 5.41 Å². The smallest absolute Gasteiger partial charge is 0.353 e. The fraction of sp³-hybridized carbons (Fsp3) is 0.381. The molecule has 0 spiro atoms. The quantitative estimate of drug-likeness (QED) is 0.140. The number of aryl methyl sites for hydroxylation is 1. The Balaban J connectivity index is 1.47. The van der Waals surface area contributed by atoms with Gasteiger partial charge in [-0.05, 0) is 44.0 Å². The summed E-state index contributed by atoms with van der Waals surface area (Å²) in [4.78, 5) is 27.8. The van der Waals surface area contributed by atoms with Gasteiger partial charge in [0.05, 0.1) is 17.9 Å². The first-order valence-electron chi connectivity index (χ1n) is 10.8. The van der Waals surface area contributed by atoms with Crippen LogP contribution in [0.3, 0.4) is 0 Å². The number of rotatable bonds is 9. The Morgan fingerprint density at radius 3 is 2.59 bits per heavy atom. The standard InChI is InChI=1S/C21H26N10O3/c1-14-26-21(34-28-14)15-7-9-30(10-8-15)20-18(31(32)33)19(23-12-24-20)27-17-5-3-16(4-6-17)25-13-29(2)11-22/h3-6,11-12,15,22,25H,7-10,13H2,1-2H3,(H,23,24,27). The van der Waals surface area contributed by atoms with E-state index in [-0.39, 0.29) is 23.2 Å². The van der Waals surface area contributed by atoms with Crippen LogP contribution >= 0.6 is 0 Å². The van der Waals surface area contributed by atoms with E-state index in [0.717, 1.165) is 18.5 Å². The fourth-order valence-electron chi connectivity index (χ4n) is 3.75. The Hall–Kier alpha value is -4.29. The van der Waals surface area contributed by atoms with Gasteiger partial charge in [-0.25, -0.2) is 9.97 Å². The molecule has 3 N–H and O–H groups in total. The van der Waals surface area contributed by atoms with Gasteiger partial charge in [-0.1, -0.05) is 5.16 Å². The molecule has 0 radical (unpaired) electrons. The lowest BCUT2D eigenvalue weighted by Gasteiger charge is -2.30. The minimum Gasteiger partial charge on any atom is -0.368 e. The minimum atomic E-state index is -0.450. The molecule has 1 aliphatic heterocycles. The molecule has 0 atom stereocenters. The molecule has 1 saturated heterocycles. The van der Waals surface area contributed by atoms with E-state index in [1.165, 1.54) is 12.7 Å². The molecule has 3 heterocycles. The summed E-state index contributed by atoms with van der Waals surface area (Å²) >= 11 is 0. The third-order valence-corrected chi connectivity index (χ3v) is 5.57. The normalized spacial score (nSPS) is 14.0. The van der Waals surface area contributed by atoms with Crippen molar-refractivity contribution in [2.75, 3.05) is 42.3 Å². The predicted octanol–water partition coefficient (Wildman–Crippen LogP) is 3.11. The maximum Gasteiger partial charge on any atom is 0.353 e. The van der Waals surface area contributed by atoms with Gasteiger partial charge in [0.15, 0.2) is 5.82 Å². The molecule has 0 bridgehead atoms. The summed E-state index contributed by atoms with van der Waals surface area (Å²) in [6, 6.07) is 7.29. The lowest BCUT2D eigenvalue weighted by Crippen LogP contribution is -2.34. The Morgan fingerprint density at radius 1 is 1.26 bits per heavy atom. The number of nitrogens with one attached hydrogen (secondary N) is 3. The van der Waals surface area contributed by atoms with Gasteiger partial charge in [-0.15, -0.1) is 0 Å². The number of benzene rings is 1. The number of nitro groups is 1. The van der Waals surface area contributed by atoms with Gasteiger partial charge in [0.1, 0.15) is 6.33 Å². The summed E-state index contributed by atoms with van der Waals surface area (Å²) in [6.45, 7) is 3.42. The van der Waals surface area contributed by atoms with E-state index >= 15 is 0 Å². The van der Waals surface area contributed by atoms with E-state index < -0.39 is 4.92 Å². The average Bonchev–Trinajstić information content (AvgIpc) is 3.29. The molecule has 3 aromatic rings. The molecule has 0 amide bonds. The number of piperidine rings is 1. The highest BCUT2D eigenvalue weighted by Crippen LogP contribution is 2.37. The van der Waals surface area contributed by atoms with E-state index in [1.807, 2.05) is 17.0 Å². The summed E-state index contributed by atoms with van der Waals surface area (Å²) in [7, 11) is 1.79. The first-order valence-corrected chi connectivity index (χ1v) is 10.8. The van der Waals surface area contributed by atoms with Crippen LogP contribution in [-0.4, -0.2) is 63.1 Å². The monoisotopic (exact) mass is 466 g/mol. The summed E-state index contributed by atoms with van der Waals surface area (Å²) in [6.07, 6.45) is 4.02. The first kappa shape index (κ1) is 22.9. The van der Waals surface area contributed by atoms with Crippen molar-refractivity contribution in [2.24, 2.45) is 0 Å². The maximum atomic E-state index is 12.0. The van der Waals surface area contributed by atoms with Crippen LogP contribution in [0, 0.1) is 22.4 Å². The van der Waals surface area contributed by atoms with Crippen LogP contribution in [0.25, 0.3) is 0 Å². The molecule has 1 aliphatic rings. The van der Waals surface area contributed by atoms with E-state index in [0.29, 0.717) is 37.2 Å². The lowest BCUT2D eigenvalue weighted by atomic mass is 9.96. The molecular formula is C21H26N10O3. The van der Waals surface area contributed by atoms with Crippen LogP contribution in [0.15, 0.2) is 35.1 Å². The number of nitrogens with zero attached hydrogens (tertiary/aromatic N) is 7. The van der Waals surface area contributed by atoms with E-state index in [2.05, 4.69) is 30.7 Å². The summed E-state index contributed by atoms with van der Waals surface area (Å²) in [5.41, 5.74) is 1.35. The zero-order valence-electron chi connectivity index (χ0n) is 18.9. The Kier molecular flexibility index (Phi) is 6.80. The number of hydrogen-bond acceptors (Lipinski definition) is 11. The van der Waals surface area contributed by atoms with Gasteiger partial charge >= 0.3 is 5.69 Å². The molecule has 34 heavy (non-hydrogen) atoms. The van der Waals surface area contributed by atoms with E-state index in [4.69, 9.17) is 9.93 Å². The van der Waals surface area contributed by atoms with Gasteiger partial charge in [0.2, 0.25) is 17.5 Å². The third-order valence-electron chi connectivity index (χ3n) is 5.57. The minimum absolute atomic E-state index is 0.127. The van der Waals surface area contributed by atoms with Crippen molar-refractivity contribution in [3.05, 3.63) is 52.4 Å². The van der Waals surface area contributed by atoms with Gasteiger partial charge in [-0.3, -0.25) is 15.5 Å². The number of aromatic nitrogens is 4. The zero-order valence-corrected chi connectivity index (χ0v) is 18.9. The highest BCUT2D eigenvalue weighted by molar-refractivity contribution is 5.75. The third kappa shape index (κ3) is 5.19. The molecule has 4 rings (SSSR count). The molecular weight excluding hydrogens is 440 g/mol. The van der Waals surface area contributed by atoms with Crippen molar-refractivity contribution >= 4 is 35.0 Å². The fourth-order valence-corrected chi connectivity index (χ4v) is 3.75. The van der Waals surface area contributed by atoms with Crippen LogP contribution in [-0.2, 0) is 0 Å². The van der Waals surface area contributed by atoms with E-state index in [1.54, 1.807) is 31.0 Å². The molecule has 0 aliphatic carbocycles. The summed E-state index contributed by atoms with van der Waals surface area (Å²) < 4.78 is 5.29. The average molecular weight is 467 g/mol. The number of hydrogen-bond donors (Lipinski definition) is 3. The highest BCUT2D eigenvalue weighted by atomic mass is 16.6. The van der Waals surface area contributed by atoms with Crippen LogP contribution < -0.4 is 15.5 Å². The Morgan fingerprint density at radius 2 is 1.97 bits per heavy atom. The van der Waals surface area contributed by atoms with Gasteiger partial charge in [0.25, 0.3) is 0 Å². The first-order chi connectivity index (χ1) is 16.4. The van der Waals surface area contributed by atoms with E-state index in [9.17, 15) is 10.1 Å². The second-order valence-corrected chi connectivity index (χ2v) is 8.02. The Labute approximate surface area is 195 Å². The van der Waals surface area contributed by atoms with Crippen LogP contribution in [0.1, 0.15) is 30.5 Å².